The van der Waals surface area contributed by atoms with E-state index < -0.39 is 16.9 Å². The summed E-state index contributed by atoms with van der Waals surface area (Å²) in [5.41, 5.74) is 1.45. The molecule has 0 amide bonds. The number of rotatable bonds is 5. The van der Waals surface area contributed by atoms with Gasteiger partial charge in [0.05, 0.1) is 15.5 Å². The van der Waals surface area contributed by atoms with Gasteiger partial charge in [-0.2, -0.15) is 0 Å². The van der Waals surface area contributed by atoms with Crippen molar-refractivity contribution in [3.8, 4) is 5.75 Å². The van der Waals surface area contributed by atoms with Crippen molar-refractivity contribution in [3.05, 3.63) is 108 Å². The van der Waals surface area contributed by atoms with Gasteiger partial charge < -0.3 is 9.47 Å². The molecule has 1 aliphatic rings. The quantitative estimate of drug-likeness (QED) is 0.0798. The number of benzene rings is 3. The zero-order valence-electron chi connectivity index (χ0n) is 18.9. The van der Waals surface area contributed by atoms with Crippen LogP contribution in [0.3, 0.4) is 0 Å². The Kier molecular flexibility index (Phi) is 6.63. The van der Waals surface area contributed by atoms with Crippen molar-refractivity contribution in [2.45, 2.75) is 6.92 Å². The predicted molar refractivity (Wildman–Crippen MR) is 144 cm³/mol. The van der Waals surface area contributed by atoms with Crippen LogP contribution in [0.15, 0.2) is 75.8 Å². The first-order valence-corrected chi connectivity index (χ1v) is 12.7. The molecule has 37 heavy (non-hydrogen) atoms. The highest BCUT2D eigenvalue weighted by Gasteiger charge is 2.28. The van der Waals surface area contributed by atoms with Gasteiger partial charge in [0.2, 0.25) is 5.90 Å². The summed E-state index contributed by atoms with van der Waals surface area (Å²) in [7, 11) is 0. The van der Waals surface area contributed by atoms with E-state index in [1.54, 1.807) is 18.2 Å². The lowest BCUT2D eigenvalue weighted by molar-refractivity contribution is -0.384. The van der Waals surface area contributed by atoms with Crippen LogP contribution in [0.2, 0.25) is 5.02 Å². The molecule has 0 fully saturated rings. The molecule has 1 aliphatic heterocycles. The smallest absolute Gasteiger partial charge is 0.363 e. The van der Waals surface area contributed by atoms with Crippen molar-refractivity contribution < 1.29 is 24.0 Å². The van der Waals surface area contributed by atoms with Crippen LogP contribution in [0.1, 0.15) is 26.4 Å². The number of aliphatic imine (C=N–C) groups is 1. The van der Waals surface area contributed by atoms with E-state index in [0.29, 0.717) is 19.9 Å². The van der Waals surface area contributed by atoms with Crippen LogP contribution in [0, 0.1) is 17.0 Å². The molecule has 0 radical (unpaired) electrons. The summed E-state index contributed by atoms with van der Waals surface area (Å²) in [6, 6.07) is 15.8. The van der Waals surface area contributed by atoms with Gasteiger partial charge >= 0.3 is 11.9 Å². The third kappa shape index (κ3) is 5.04. The molecule has 0 unspecified atom stereocenters. The molecule has 0 saturated heterocycles. The maximum atomic E-state index is 12.7. The molecule has 0 N–H and O–H groups in total. The molecule has 0 saturated carbocycles. The van der Waals surface area contributed by atoms with Gasteiger partial charge in [-0.3, -0.25) is 10.1 Å². The van der Waals surface area contributed by atoms with E-state index in [2.05, 4.69) is 20.9 Å². The third-order valence-electron chi connectivity index (χ3n) is 5.38. The summed E-state index contributed by atoms with van der Waals surface area (Å²) in [6.07, 6.45) is 1.45. The van der Waals surface area contributed by atoms with Crippen molar-refractivity contribution in [2.24, 2.45) is 4.99 Å². The summed E-state index contributed by atoms with van der Waals surface area (Å²) in [5, 5.41) is 12.2. The Balaban J connectivity index is 1.46. The van der Waals surface area contributed by atoms with Gasteiger partial charge in [-0.15, -0.1) is 11.3 Å². The van der Waals surface area contributed by atoms with E-state index in [9.17, 15) is 19.7 Å². The lowest BCUT2D eigenvalue weighted by Gasteiger charge is -2.08. The average molecular weight is 598 g/mol. The Morgan fingerprint density at radius 1 is 1.16 bits per heavy atom. The number of aryl methyl sites for hydroxylation is 1. The summed E-state index contributed by atoms with van der Waals surface area (Å²) in [4.78, 5) is 40.5. The average Bonchev–Trinajstić information content (AvgIpc) is 3.39. The van der Waals surface area contributed by atoms with E-state index in [-0.39, 0.29) is 28.6 Å². The molecule has 3 aromatic carbocycles. The first kappa shape index (κ1) is 24.8. The molecule has 5 rings (SSSR count). The Morgan fingerprint density at radius 3 is 2.65 bits per heavy atom. The minimum absolute atomic E-state index is 0.00504. The molecule has 0 bridgehead atoms. The molecular formula is C26H14BrClN2O6S. The molecule has 0 aliphatic carbocycles. The number of carbonyl (C=O) groups excluding carboxylic acids is 2. The first-order chi connectivity index (χ1) is 17.7. The largest absolute Gasteiger partial charge is 0.422 e. The second kappa shape index (κ2) is 9.89. The third-order valence-corrected chi connectivity index (χ3v) is 7.52. The standard InChI is InChI=1S/C26H14BrClN2O6S/c1-13-2-8-18-21(10-13)37-23(22(18)28)24-29-19(26(32)36-24)12-15-11-16(27)5-9-20(15)35-25(31)14-3-6-17(7-4-14)30(33)34/h2-12H,1H3/b19-12+. The highest BCUT2D eigenvalue weighted by atomic mass is 79.9. The first-order valence-electron chi connectivity index (χ1n) is 10.7. The fraction of sp³-hybridized carbons (Fsp3) is 0.0385. The number of nitrogens with zero attached hydrogens (tertiary/aromatic N) is 2. The lowest BCUT2D eigenvalue weighted by Crippen LogP contribution is -2.09. The number of nitro groups is 1. The number of hydrogen-bond donors (Lipinski definition) is 0. The number of esters is 2. The highest BCUT2D eigenvalue weighted by Crippen LogP contribution is 2.38. The zero-order chi connectivity index (χ0) is 26.3. The molecular weight excluding hydrogens is 584 g/mol. The Hall–Kier alpha value is -3.86. The minimum atomic E-state index is -0.720. The molecule has 1 aromatic heterocycles. The van der Waals surface area contributed by atoms with Gasteiger partial charge in [-0.1, -0.05) is 39.7 Å². The van der Waals surface area contributed by atoms with E-state index in [1.807, 2.05) is 25.1 Å². The van der Waals surface area contributed by atoms with Crippen molar-refractivity contribution in [3.63, 3.8) is 0 Å². The second-order valence-electron chi connectivity index (χ2n) is 7.96. The Labute approximate surface area is 227 Å². The van der Waals surface area contributed by atoms with Crippen molar-refractivity contribution in [1.82, 2.24) is 0 Å². The minimum Gasteiger partial charge on any atom is -0.422 e. The number of halogens is 2. The molecule has 4 aromatic rings. The molecule has 0 atom stereocenters. The highest BCUT2D eigenvalue weighted by molar-refractivity contribution is 9.10. The van der Waals surface area contributed by atoms with Crippen LogP contribution < -0.4 is 4.74 Å². The van der Waals surface area contributed by atoms with Crippen LogP contribution in [-0.2, 0) is 9.53 Å². The summed E-state index contributed by atoms with van der Waals surface area (Å²) >= 11 is 11.3. The van der Waals surface area contributed by atoms with Gasteiger partial charge in [-0.05, 0) is 55.0 Å². The topological polar surface area (TPSA) is 108 Å². The van der Waals surface area contributed by atoms with Gasteiger partial charge in [0, 0.05) is 32.3 Å². The van der Waals surface area contributed by atoms with Crippen molar-refractivity contribution >= 4 is 78.6 Å². The normalized spacial score (nSPS) is 14.1. The monoisotopic (exact) mass is 596 g/mol. The summed E-state index contributed by atoms with van der Waals surface area (Å²) in [5.74, 6) is -1.14. The lowest BCUT2D eigenvalue weighted by atomic mass is 10.1. The number of hydrogen-bond acceptors (Lipinski definition) is 8. The van der Waals surface area contributed by atoms with E-state index in [0.717, 1.165) is 15.6 Å². The van der Waals surface area contributed by atoms with Crippen LogP contribution in [-0.4, -0.2) is 22.8 Å². The SMILES string of the molecule is Cc1ccc2c(Cl)c(C3=N/C(=C/c4cc(Br)ccc4OC(=O)c4ccc([N+](=O)[O-])cc4)C(=O)O3)sc2c1. The number of carbonyl (C=O) groups is 2. The summed E-state index contributed by atoms with van der Waals surface area (Å²) in [6.45, 7) is 1.98. The molecule has 8 nitrogen and oxygen atoms in total. The number of fused-ring (bicyclic) bond motifs is 1. The van der Waals surface area contributed by atoms with E-state index in [1.165, 1.54) is 41.7 Å². The molecule has 11 heteroatoms. The van der Waals surface area contributed by atoms with Crippen LogP contribution >= 0.6 is 38.9 Å². The summed E-state index contributed by atoms with van der Waals surface area (Å²) < 4.78 is 12.6. The molecule has 2 heterocycles. The van der Waals surface area contributed by atoms with Gasteiger partial charge in [-0.25, -0.2) is 14.6 Å². The Morgan fingerprint density at radius 2 is 1.92 bits per heavy atom. The van der Waals surface area contributed by atoms with E-state index >= 15 is 0 Å². The number of ether oxygens (including phenoxy) is 2. The maximum Gasteiger partial charge on any atom is 0.363 e. The molecule has 184 valence electrons. The van der Waals surface area contributed by atoms with Gasteiger partial charge in [0.1, 0.15) is 10.6 Å². The second-order valence-corrected chi connectivity index (χ2v) is 10.3. The van der Waals surface area contributed by atoms with Gasteiger partial charge in [0.15, 0.2) is 5.70 Å². The van der Waals surface area contributed by atoms with Crippen LogP contribution in [0.4, 0.5) is 5.69 Å². The Bertz CT molecular complexity index is 1680. The number of thiophene rings is 1. The number of cyclic esters (lactones) is 1. The molecule has 0 spiro atoms. The predicted octanol–water partition coefficient (Wildman–Crippen LogP) is 7.10. The zero-order valence-corrected chi connectivity index (χ0v) is 22.0. The maximum absolute atomic E-state index is 12.7. The fourth-order valence-electron chi connectivity index (χ4n) is 3.57. The number of nitro benzene ring substituents is 1. The van der Waals surface area contributed by atoms with E-state index in [4.69, 9.17) is 21.1 Å². The number of non-ortho nitro benzene ring substituents is 1. The van der Waals surface area contributed by atoms with Crippen LogP contribution in [0.5, 0.6) is 5.75 Å². The van der Waals surface area contributed by atoms with Gasteiger partial charge in [0.25, 0.3) is 5.69 Å². The van der Waals surface area contributed by atoms with Crippen LogP contribution in [0.25, 0.3) is 16.2 Å². The van der Waals surface area contributed by atoms with Crippen molar-refractivity contribution in [2.75, 3.05) is 0 Å². The fourth-order valence-corrected chi connectivity index (χ4v) is 5.48. The van der Waals surface area contributed by atoms with Crippen molar-refractivity contribution in [1.29, 1.82) is 0 Å².